The number of hydrogen-bond donors (Lipinski definition) is 3. The first-order valence-corrected chi connectivity index (χ1v) is 21.0. The van der Waals surface area contributed by atoms with Crippen LogP contribution >= 0.6 is 0 Å². The minimum Gasteiger partial charge on any atom is -0.369 e. The summed E-state index contributed by atoms with van der Waals surface area (Å²) < 4.78 is 69.5. The number of piperidine rings is 1. The van der Waals surface area contributed by atoms with E-state index >= 15 is 0 Å². The van der Waals surface area contributed by atoms with Crippen molar-refractivity contribution in [2.75, 3.05) is 54.0 Å². The zero-order valence-electron chi connectivity index (χ0n) is 32.3. The van der Waals surface area contributed by atoms with Crippen LogP contribution < -0.4 is 20.9 Å². The lowest BCUT2D eigenvalue weighted by Crippen LogP contribution is -2.52. The van der Waals surface area contributed by atoms with Crippen LogP contribution in [-0.4, -0.2) is 100 Å². The fourth-order valence-corrected chi connectivity index (χ4v) is 8.86. The van der Waals surface area contributed by atoms with Gasteiger partial charge in [0.25, 0.3) is 5.91 Å². The number of carbonyl (C=O) groups excluding carboxylic acids is 4. The van der Waals surface area contributed by atoms with Gasteiger partial charge in [0, 0.05) is 104 Å². The van der Waals surface area contributed by atoms with Gasteiger partial charge in [-0.05, 0) is 55.8 Å². The number of aromatic nitrogens is 3. The molecule has 8 rings (SSSR count). The van der Waals surface area contributed by atoms with Gasteiger partial charge in [0.1, 0.15) is 11.6 Å². The lowest BCUT2D eigenvalue weighted by molar-refractivity contribution is -0.138. The maximum atomic E-state index is 14.3. The number of nitrogens with zero attached hydrogens (tertiary/aromatic N) is 6. The third-order valence-electron chi connectivity index (χ3n) is 11.1. The highest BCUT2D eigenvalue weighted by molar-refractivity contribution is 7.90. The monoisotopic (exact) mass is 843 g/mol. The SMILES string of the molecule is CCS(=O)(=O)n1cc(-c2nc(Nc3ccc(N4CCN(CCC(=O)Nc5cccc6c5CN(C5CCC(=O)NC5=O)C6=O)CC4)cc3)ncc2C(F)(F)F)c2ccccc21. The smallest absolute Gasteiger partial charge is 0.369 e. The summed E-state index contributed by atoms with van der Waals surface area (Å²) >= 11 is 0. The number of fused-ring (bicyclic) bond motifs is 2. The number of hydrogen-bond acceptors (Lipinski definition) is 11. The Hall–Kier alpha value is -6.34. The second-order valence-electron chi connectivity index (χ2n) is 14.7. The van der Waals surface area contributed by atoms with Crippen LogP contribution in [0.5, 0.6) is 0 Å². The molecule has 4 amide bonds. The number of benzene rings is 3. The van der Waals surface area contributed by atoms with Gasteiger partial charge < -0.3 is 20.4 Å². The summed E-state index contributed by atoms with van der Waals surface area (Å²) in [7, 11) is -3.83. The molecule has 3 aliphatic rings. The largest absolute Gasteiger partial charge is 0.419 e. The molecule has 15 nitrogen and oxygen atoms in total. The molecule has 312 valence electrons. The molecule has 0 bridgehead atoms. The number of piperazine rings is 1. The van der Waals surface area contributed by atoms with E-state index < -0.39 is 39.4 Å². The quantitative estimate of drug-likeness (QED) is 0.153. The van der Waals surface area contributed by atoms with E-state index in [4.69, 9.17) is 0 Å². The van der Waals surface area contributed by atoms with E-state index in [9.17, 15) is 40.8 Å². The molecule has 3 aliphatic heterocycles. The summed E-state index contributed by atoms with van der Waals surface area (Å²) in [6.45, 7) is 4.89. The van der Waals surface area contributed by atoms with Gasteiger partial charge in [-0.3, -0.25) is 29.4 Å². The highest BCUT2D eigenvalue weighted by Crippen LogP contribution is 2.40. The Kier molecular flexibility index (Phi) is 10.8. The lowest BCUT2D eigenvalue weighted by atomic mass is 10.0. The van der Waals surface area contributed by atoms with Crippen LogP contribution in [0.4, 0.5) is 36.2 Å². The maximum Gasteiger partial charge on any atom is 0.419 e. The van der Waals surface area contributed by atoms with Gasteiger partial charge in [0.15, 0.2) is 0 Å². The van der Waals surface area contributed by atoms with Crippen LogP contribution in [0.2, 0.25) is 0 Å². The van der Waals surface area contributed by atoms with Crippen molar-refractivity contribution in [3.63, 3.8) is 0 Å². The number of amides is 4. The summed E-state index contributed by atoms with van der Waals surface area (Å²) in [6.07, 6.45) is -2.32. The average molecular weight is 844 g/mol. The Morgan fingerprint density at radius 1 is 0.950 bits per heavy atom. The van der Waals surface area contributed by atoms with Crippen LogP contribution in [0.15, 0.2) is 79.1 Å². The number of nitrogens with one attached hydrogen (secondary N) is 3. The molecule has 0 radical (unpaired) electrons. The Labute approximate surface area is 342 Å². The van der Waals surface area contributed by atoms with Crippen LogP contribution in [-0.2, 0) is 37.1 Å². The highest BCUT2D eigenvalue weighted by atomic mass is 32.2. The lowest BCUT2D eigenvalue weighted by Gasteiger charge is -2.36. The Morgan fingerprint density at radius 2 is 1.70 bits per heavy atom. The zero-order valence-corrected chi connectivity index (χ0v) is 33.1. The molecule has 0 aliphatic carbocycles. The van der Waals surface area contributed by atoms with Crippen LogP contribution in [0.3, 0.4) is 0 Å². The Morgan fingerprint density at radius 3 is 2.42 bits per heavy atom. The molecule has 3 N–H and O–H groups in total. The Bertz CT molecular complexity index is 2630. The van der Waals surface area contributed by atoms with Gasteiger partial charge in [0.05, 0.1) is 17.0 Å². The molecule has 60 heavy (non-hydrogen) atoms. The first kappa shape index (κ1) is 40.4. The number of carbonyl (C=O) groups is 4. The molecule has 0 saturated carbocycles. The molecule has 1 unspecified atom stereocenters. The Balaban J connectivity index is 0.871. The summed E-state index contributed by atoms with van der Waals surface area (Å²) in [5.41, 5.74) is 1.73. The van der Waals surface area contributed by atoms with Gasteiger partial charge in [-0.25, -0.2) is 22.4 Å². The summed E-state index contributed by atoms with van der Waals surface area (Å²) in [4.78, 5) is 64.3. The predicted octanol–water partition coefficient (Wildman–Crippen LogP) is 4.97. The van der Waals surface area contributed by atoms with E-state index in [0.29, 0.717) is 66.8 Å². The summed E-state index contributed by atoms with van der Waals surface area (Å²) in [5.74, 6) is -1.73. The van der Waals surface area contributed by atoms with Crippen LogP contribution in [0.25, 0.3) is 22.2 Å². The minimum absolute atomic E-state index is 0.00709. The molecule has 3 aromatic carbocycles. The average Bonchev–Trinajstić information content (AvgIpc) is 3.79. The van der Waals surface area contributed by atoms with Crippen molar-refractivity contribution in [3.8, 4) is 11.3 Å². The molecule has 1 atom stereocenters. The number of rotatable bonds is 11. The summed E-state index contributed by atoms with van der Waals surface area (Å²) in [5, 5.41) is 8.51. The van der Waals surface area contributed by atoms with Crippen molar-refractivity contribution in [3.05, 3.63) is 95.8 Å². The van der Waals surface area contributed by atoms with Crippen LogP contribution in [0, 0.1) is 0 Å². The molecule has 19 heteroatoms. The molecular weight excluding hydrogens is 804 g/mol. The number of alkyl halides is 3. The van der Waals surface area contributed by atoms with Gasteiger partial charge in [-0.15, -0.1) is 0 Å². The predicted molar refractivity (Wildman–Crippen MR) is 217 cm³/mol. The first-order chi connectivity index (χ1) is 28.7. The maximum absolute atomic E-state index is 14.3. The third kappa shape index (κ3) is 8.01. The van der Waals surface area contributed by atoms with Gasteiger partial charge in [-0.1, -0.05) is 24.3 Å². The van der Waals surface area contributed by atoms with Gasteiger partial charge in [-0.2, -0.15) is 13.2 Å². The van der Waals surface area contributed by atoms with Crippen molar-refractivity contribution >= 4 is 67.6 Å². The number of halogens is 3. The number of imide groups is 1. The highest BCUT2D eigenvalue weighted by Gasteiger charge is 2.40. The van der Waals surface area contributed by atoms with E-state index in [-0.39, 0.29) is 66.3 Å². The molecule has 5 heterocycles. The fourth-order valence-electron chi connectivity index (χ4n) is 7.85. The topological polar surface area (TPSA) is 179 Å². The van der Waals surface area contributed by atoms with Crippen molar-refractivity contribution in [1.82, 2.24) is 29.1 Å². The van der Waals surface area contributed by atoms with Gasteiger partial charge >= 0.3 is 6.18 Å². The molecule has 5 aromatic rings. The molecular formula is C41H40F3N9O6S. The second kappa shape index (κ2) is 16.0. The van der Waals surface area contributed by atoms with Crippen molar-refractivity contribution < 1.29 is 40.8 Å². The van der Waals surface area contributed by atoms with E-state index in [2.05, 4.69) is 35.7 Å². The zero-order chi connectivity index (χ0) is 42.3. The van der Waals surface area contributed by atoms with E-state index in [1.54, 1.807) is 48.5 Å². The molecule has 2 fully saturated rings. The van der Waals surface area contributed by atoms with Crippen molar-refractivity contribution in [2.24, 2.45) is 0 Å². The molecule has 0 spiro atoms. The second-order valence-corrected chi connectivity index (χ2v) is 16.9. The normalized spacial score (nSPS) is 17.5. The molecule has 2 saturated heterocycles. The van der Waals surface area contributed by atoms with E-state index in [1.807, 2.05) is 12.1 Å². The third-order valence-corrected chi connectivity index (χ3v) is 12.7. The standard InChI is InChI=1S/C41H40F3N9O6S/c1-2-60(58,59)53-24-30(27-6-3-4-9-33(27)53)37-31(41(42,43)44)22-45-40(49-37)46-25-10-12-26(13-11-25)51-20-18-50(19-21-51)17-16-36(55)47-32-8-5-7-28-29(32)23-52(39(28)57)34-14-15-35(54)48-38(34)56/h3-13,22,24,34H,2,14-21,23H2,1H3,(H,47,55)(H,45,46,49)(H,48,54,56). The first-order valence-electron chi connectivity index (χ1n) is 19.4. The van der Waals surface area contributed by atoms with Crippen molar-refractivity contribution in [2.45, 2.75) is 44.9 Å². The number of anilines is 4. The van der Waals surface area contributed by atoms with E-state index in [1.165, 1.54) is 24.1 Å². The minimum atomic E-state index is -4.81. The van der Waals surface area contributed by atoms with Crippen molar-refractivity contribution in [1.29, 1.82) is 0 Å². The van der Waals surface area contributed by atoms with Crippen LogP contribution in [0.1, 0.15) is 47.7 Å². The summed E-state index contributed by atoms with van der Waals surface area (Å²) in [6, 6.07) is 18.0. The molecule has 2 aromatic heterocycles. The fraction of sp³-hybridized carbons (Fsp3) is 0.317. The van der Waals surface area contributed by atoms with Gasteiger partial charge in [0.2, 0.25) is 33.7 Å². The number of para-hydroxylation sites is 1. The van der Waals surface area contributed by atoms with E-state index in [0.717, 1.165) is 9.66 Å².